The maximum Gasteiger partial charge on any atom is 0.245 e. The first-order valence-corrected chi connectivity index (χ1v) is 5.78. The number of aromatic nitrogens is 1. The molecular formula is C11H14ClN3O2. The minimum absolute atomic E-state index is 0.263. The Kier molecular flexibility index (Phi) is 3.61. The molecule has 2 rings (SSSR count). The number of nitrogens with zero attached hydrogens (tertiary/aromatic N) is 1. The van der Waals surface area contributed by atoms with Gasteiger partial charge in [-0.3, -0.25) is 4.79 Å². The SMILES string of the molecule is NC1(C(=O)Nc2ncccc2Cl)CCOCC1. The van der Waals surface area contributed by atoms with Crippen LogP contribution in [0.1, 0.15) is 12.8 Å². The average Bonchev–Trinajstić information content (AvgIpc) is 2.33. The minimum atomic E-state index is -0.890. The van der Waals surface area contributed by atoms with E-state index in [2.05, 4.69) is 10.3 Å². The fraction of sp³-hybridized carbons (Fsp3) is 0.455. The van der Waals surface area contributed by atoms with Gasteiger partial charge in [-0.1, -0.05) is 11.6 Å². The molecule has 1 fully saturated rings. The molecule has 1 aromatic heterocycles. The number of carbonyl (C=O) groups is 1. The third kappa shape index (κ3) is 2.74. The molecule has 6 heteroatoms. The van der Waals surface area contributed by atoms with Crippen LogP contribution in [-0.2, 0) is 9.53 Å². The third-order valence-corrected chi connectivity index (χ3v) is 3.13. The summed E-state index contributed by atoms with van der Waals surface area (Å²) in [6.07, 6.45) is 2.57. The van der Waals surface area contributed by atoms with Crippen molar-refractivity contribution >= 4 is 23.3 Å². The van der Waals surface area contributed by atoms with E-state index in [0.717, 1.165) is 0 Å². The van der Waals surface area contributed by atoms with Gasteiger partial charge in [0, 0.05) is 19.4 Å². The van der Waals surface area contributed by atoms with E-state index in [1.165, 1.54) is 0 Å². The summed E-state index contributed by atoms with van der Waals surface area (Å²) >= 11 is 5.91. The monoisotopic (exact) mass is 255 g/mol. The van der Waals surface area contributed by atoms with Crippen molar-refractivity contribution < 1.29 is 9.53 Å². The Balaban J connectivity index is 2.08. The molecule has 92 valence electrons. The normalized spacial score (nSPS) is 18.7. The van der Waals surface area contributed by atoms with Crippen molar-refractivity contribution in [3.8, 4) is 0 Å². The highest BCUT2D eigenvalue weighted by Gasteiger charge is 2.36. The number of amides is 1. The van der Waals surface area contributed by atoms with Crippen molar-refractivity contribution in [1.29, 1.82) is 0 Å². The summed E-state index contributed by atoms with van der Waals surface area (Å²) in [4.78, 5) is 16.0. The van der Waals surface area contributed by atoms with E-state index < -0.39 is 5.54 Å². The van der Waals surface area contributed by atoms with E-state index in [0.29, 0.717) is 36.9 Å². The highest BCUT2D eigenvalue weighted by molar-refractivity contribution is 6.33. The number of nitrogens with two attached hydrogens (primary N) is 1. The highest BCUT2D eigenvalue weighted by Crippen LogP contribution is 2.22. The Hall–Kier alpha value is -1.17. The Morgan fingerprint density at radius 2 is 2.24 bits per heavy atom. The fourth-order valence-corrected chi connectivity index (χ4v) is 1.84. The van der Waals surface area contributed by atoms with E-state index >= 15 is 0 Å². The van der Waals surface area contributed by atoms with Crippen LogP contribution >= 0.6 is 11.6 Å². The van der Waals surface area contributed by atoms with Crippen LogP contribution in [0.4, 0.5) is 5.82 Å². The molecule has 17 heavy (non-hydrogen) atoms. The zero-order valence-electron chi connectivity index (χ0n) is 9.28. The molecule has 0 radical (unpaired) electrons. The van der Waals surface area contributed by atoms with Crippen molar-refractivity contribution in [2.45, 2.75) is 18.4 Å². The molecule has 0 aliphatic carbocycles. The molecule has 0 unspecified atom stereocenters. The Bertz CT molecular complexity index is 419. The van der Waals surface area contributed by atoms with Crippen molar-refractivity contribution in [1.82, 2.24) is 4.98 Å². The quantitative estimate of drug-likeness (QED) is 0.832. The van der Waals surface area contributed by atoms with Crippen LogP contribution in [0.2, 0.25) is 5.02 Å². The molecule has 1 aliphatic rings. The van der Waals surface area contributed by atoms with Gasteiger partial charge in [-0.15, -0.1) is 0 Å². The molecule has 1 aliphatic heterocycles. The summed E-state index contributed by atoms with van der Waals surface area (Å²) < 4.78 is 5.19. The predicted molar refractivity (Wildman–Crippen MR) is 64.8 cm³/mol. The van der Waals surface area contributed by atoms with Gasteiger partial charge in [0.15, 0.2) is 5.82 Å². The van der Waals surface area contributed by atoms with E-state index in [-0.39, 0.29) is 5.91 Å². The highest BCUT2D eigenvalue weighted by atomic mass is 35.5. The zero-order chi connectivity index (χ0) is 12.3. The Morgan fingerprint density at radius 3 is 2.88 bits per heavy atom. The molecule has 0 atom stereocenters. The molecule has 3 N–H and O–H groups in total. The van der Waals surface area contributed by atoms with Gasteiger partial charge in [0.2, 0.25) is 5.91 Å². The molecule has 0 spiro atoms. The molecule has 0 aromatic carbocycles. The van der Waals surface area contributed by atoms with E-state index in [4.69, 9.17) is 22.1 Å². The molecule has 5 nitrogen and oxygen atoms in total. The maximum absolute atomic E-state index is 12.1. The van der Waals surface area contributed by atoms with Crippen molar-refractivity contribution in [2.75, 3.05) is 18.5 Å². The lowest BCUT2D eigenvalue weighted by atomic mass is 9.90. The van der Waals surface area contributed by atoms with Crippen molar-refractivity contribution in [3.05, 3.63) is 23.4 Å². The van der Waals surface area contributed by atoms with E-state index in [9.17, 15) is 4.79 Å². The van der Waals surface area contributed by atoms with Gasteiger partial charge in [-0.05, 0) is 25.0 Å². The smallest absolute Gasteiger partial charge is 0.245 e. The first kappa shape index (κ1) is 12.3. The number of pyridine rings is 1. The minimum Gasteiger partial charge on any atom is -0.381 e. The first-order chi connectivity index (χ1) is 8.12. The molecule has 1 saturated heterocycles. The van der Waals surface area contributed by atoms with Crippen molar-refractivity contribution in [3.63, 3.8) is 0 Å². The third-order valence-electron chi connectivity index (χ3n) is 2.83. The van der Waals surface area contributed by atoms with Gasteiger partial charge in [0.1, 0.15) is 5.54 Å². The topological polar surface area (TPSA) is 77.2 Å². The number of carbonyl (C=O) groups excluding carboxylic acids is 1. The maximum atomic E-state index is 12.1. The van der Waals surface area contributed by atoms with Crippen LogP contribution in [0.15, 0.2) is 18.3 Å². The number of ether oxygens (including phenoxy) is 1. The molecule has 1 amide bonds. The summed E-state index contributed by atoms with van der Waals surface area (Å²) in [5.41, 5.74) is 5.15. The van der Waals surface area contributed by atoms with Gasteiger partial charge >= 0.3 is 0 Å². The van der Waals surface area contributed by atoms with Crippen LogP contribution in [0.5, 0.6) is 0 Å². The van der Waals surface area contributed by atoms with Crippen molar-refractivity contribution in [2.24, 2.45) is 5.73 Å². The number of hydrogen-bond acceptors (Lipinski definition) is 4. The second kappa shape index (κ2) is 5.00. The Morgan fingerprint density at radius 1 is 1.53 bits per heavy atom. The number of halogens is 1. The summed E-state index contributed by atoms with van der Waals surface area (Å²) in [6.45, 7) is 1.000. The molecule has 2 heterocycles. The number of hydrogen-bond donors (Lipinski definition) is 2. The van der Waals surface area contributed by atoms with Gasteiger partial charge in [0.05, 0.1) is 5.02 Å². The lowest BCUT2D eigenvalue weighted by Crippen LogP contribution is -2.54. The zero-order valence-corrected chi connectivity index (χ0v) is 10.0. The molecule has 1 aromatic rings. The Labute approximate surface area is 104 Å². The predicted octanol–water partition coefficient (Wildman–Crippen LogP) is 1.18. The van der Waals surface area contributed by atoms with Crippen LogP contribution in [0, 0.1) is 0 Å². The van der Waals surface area contributed by atoms with Crippen LogP contribution < -0.4 is 11.1 Å². The summed E-state index contributed by atoms with van der Waals surface area (Å²) in [7, 11) is 0. The lowest BCUT2D eigenvalue weighted by molar-refractivity contribution is -0.124. The molecule has 0 bridgehead atoms. The second-order valence-corrected chi connectivity index (χ2v) is 4.46. The molecular weight excluding hydrogens is 242 g/mol. The number of rotatable bonds is 2. The molecule has 0 saturated carbocycles. The standard InChI is InChI=1S/C11H14ClN3O2/c12-8-2-1-5-14-9(8)15-10(16)11(13)3-6-17-7-4-11/h1-2,5H,3-4,6-7,13H2,(H,14,15,16). The summed E-state index contributed by atoms with van der Waals surface area (Å²) in [5.74, 6) is 0.0804. The van der Waals surface area contributed by atoms with Crippen LogP contribution in [0.3, 0.4) is 0 Å². The van der Waals surface area contributed by atoms with E-state index in [1.54, 1.807) is 18.3 Å². The lowest BCUT2D eigenvalue weighted by Gasteiger charge is -2.31. The fourth-order valence-electron chi connectivity index (χ4n) is 1.67. The largest absolute Gasteiger partial charge is 0.381 e. The summed E-state index contributed by atoms with van der Waals surface area (Å²) in [5, 5.41) is 3.06. The van der Waals surface area contributed by atoms with Crippen LogP contribution in [-0.4, -0.2) is 29.6 Å². The van der Waals surface area contributed by atoms with Gasteiger partial charge < -0.3 is 15.8 Å². The van der Waals surface area contributed by atoms with Crippen LogP contribution in [0.25, 0.3) is 0 Å². The first-order valence-electron chi connectivity index (χ1n) is 5.40. The average molecular weight is 256 g/mol. The second-order valence-electron chi connectivity index (χ2n) is 4.06. The van der Waals surface area contributed by atoms with E-state index in [1.807, 2.05) is 0 Å². The van der Waals surface area contributed by atoms with Gasteiger partial charge in [0.25, 0.3) is 0 Å². The number of anilines is 1. The summed E-state index contributed by atoms with van der Waals surface area (Å²) in [6, 6.07) is 3.36. The van der Waals surface area contributed by atoms with Gasteiger partial charge in [-0.25, -0.2) is 4.98 Å². The van der Waals surface area contributed by atoms with Gasteiger partial charge in [-0.2, -0.15) is 0 Å². The number of nitrogens with one attached hydrogen (secondary N) is 1.